The van der Waals surface area contributed by atoms with Crippen molar-refractivity contribution in [1.29, 1.82) is 0 Å². The van der Waals surface area contributed by atoms with Crippen LogP contribution in [0.3, 0.4) is 0 Å². The summed E-state index contributed by atoms with van der Waals surface area (Å²) in [7, 11) is 0. The molecule has 0 bridgehead atoms. The summed E-state index contributed by atoms with van der Waals surface area (Å²) in [5.74, 6) is 1.91. The largest absolute Gasteiger partial charge is 0.339 e. The van der Waals surface area contributed by atoms with E-state index in [-0.39, 0.29) is 0 Å². The van der Waals surface area contributed by atoms with Crippen LogP contribution < -0.4 is 5.32 Å². The van der Waals surface area contributed by atoms with Gasteiger partial charge in [0.05, 0.1) is 0 Å². The molecule has 3 rings (SSSR count). The fourth-order valence-electron chi connectivity index (χ4n) is 2.65. The number of benzene rings is 1. The van der Waals surface area contributed by atoms with Gasteiger partial charge < -0.3 is 9.84 Å². The third-order valence-electron chi connectivity index (χ3n) is 3.75. The van der Waals surface area contributed by atoms with E-state index in [1.54, 1.807) is 18.2 Å². The first kappa shape index (κ1) is 14.8. The molecule has 21 heavy (non-hydrogen) atoms. The zero-order chi connectivity index (χ0) is 14.7. The van der Waals surface area contributed by atoms with Gasteiger partial charge >= 0.3 is 0 Å². The maximum Gasteiger partial charge on any atom is 0.226 e. The number of nitrogens with zero attached hydrogens (tertiary/aromatic N) is 2. The van der Waals surface area contributed by atoms with Crippen LogP contribution in [-0.2, 0) is 6.42 Å². The summed E-state index contributed by atoms with van der Waals surface area (Å²) < 4.78 is 5.32. The molecule has 1 saturated heterocycles. The van der Waals surface area contributed by atoms with Gasteiger partial charge in [0.25, 0.3) is 0 Å². The molecule has 1 fully saturated rings. The van der Waals surface area contributed by atoms with E-state index in [2.05, 4.69) is 15.5 Å². The van der Waals surface area contributed by atoms with Crippen LogP contribution in [0.4, 0.5) is 0 Å². The van der Waals surface area contributed by atoms with E-state index in [1.165, 1.54) is 12.8 Å². The number of aromatic nitrogens is 2. The van der Waals surface area contributed by atoms with Crippen molar-refractivity contribution in [2.45, 2.75) is 25.7 Å². The second kappa shape index (κ2) is 6.77. The second-order valence-corrected chi connectivity index (χ2v) is 6.29. The van der Waals surface area contributed by atoms with Crippen LogP contribution in [0.25, 0.3) is 11.4 Å². The third kappa shape index (κ3) is 3.96. The van der Waals surface area contributed by atoms with Crippen molar-refractivity contribution in [3.05, 3.63) is 34.1 Å². The second-order valence-electron chi connectivity index (χ2n) is 5.42. The van der Waals surface area contributed by atoms with Crippen molar-refractivity contribution >= 4 is 23.2 Å². The van der Waals surface area contributed by atoms with Gasteiger partial charge in [-0.3, -0.25) is 0 Å². The summed E-state index contributed by atoms with van der Waals surface area (Å²) in [6.07, 6.45) is 4.41. The zero-order valence-electron chi connectivity index (χ0n) is 11.6. The Morgan fingerprint density at radius 3 is 2.76 bits per heavy atom. The van der Waals surface area contributed by atoms with E-state index in [0.717, 1.165) is 31.5 Å². The molecule has 2 heterocycles. The lowest BCUT2D eigenvalue weighted by molar-refractivity contribution is 0.327. The molecule has 1 aromatic carbocycles. The average molecular weight is 326 g/mol. The van der Waals surface area contributed by atoms with Crippen molar-refractivity contribution in [3.63, 3.8) is 0 Å². The highest BCUT2D eigenvalue weighted by Gasteiger charge is 2.15. The van der Waals surface area contributed by atoms with Crippen LogP contribution in [0.15, 0.2) is 22.7 Å². The summed E-state index contributed by atoms with van der Waals surface area (Å²) in [4.78, 5) is 4.43. The summed E-state index contributed by atoms with van der Waals surface area (Å²) in [5, 5.41) is 8.57. The molecule has 1 aliphatic heterocycles. The highest BCUT2D eigenvalue weighted by atomic mass is 35.5. The van der Waals surface area contributed by atoms with Crippen molar-refractivity contribution in [3.8, 4) is 11.4 Å². The molecular weight excluding hydrogens is 309 g/mol. The Labute approximate surface area is 133 Å². The highest BCUT2D eigenvalue weighted by Crippen LogP contribution is 2.26. The van der Waals surface area contributed by atoms with Crippen molar-refractivity contribution in [1.82, 2.24) is 15.5 Å². The van der Waals surface area contributed by atoms with Crippen LogP contribution >= 0.6 is 23.2 Å². The Bertz CT molecular complexity index is 588. The SMILES string of the molecule is Clc1cc(Cl)cc(-c2noc(CCC3CCCNC3)n2)c1. The molecule has 0 saturated carbocycles. The van der Waals surface area contributed by atoms with E-state index in [4.69, 9.17) is 27.7 Å². The Kier molecular flexibility index (Phi) is 4.78. The van der Waals surface area contributed by atoms with E-state index >= 15 is 0 Å². The minimum absolute atomic E-state index is 0.538. The van der Waals surface area contributed by atoms with Gasteiger partial charge in [-0.25, -0.2) is 0 Å². The number of nitrogens with one attached hydrogen (secondary N) is 1. The average Bonchev–Trinajstić information content (AvgIpc) is 2.94. The molecule has 1 N–H and O–H groups in total. The number of piperidine rings is 1. The minimum atomic E-state index is 0.538. The normalized spacial score (nSPS) is 18.9. The summed E-state index contributed by atoms with van der Waals surface area (Å²) in [6, 6.07) is 5.25. The number of halogens is 2. The fraction of sp³-hybridized carbons (Fsp3) is 0.467. The first-order chi connectivity index (χ1) is 10.2. The van der Waals surface area contributed by atoms with Gasteiger partial charge in [-0.15, -0.1) is 0 Å². The first-order valence-corrected chi connectivity index (χ1v) is 7.96. The topological polar surface area (TPSA) is 51.0 Å². The van der Waals surface area contributed by atoms with Crippen LogP contribution in [0.2, 0.25) is 10.0 Å². The molecule has 0 radical (unpaired) electrons. The molecule has 112 valence electrons. The van der Waals surface area contributed by atoms with Crippen molar-refractivity contribution < 1.29 is 4.52 Å². The molecule has 6 heteroatoms. The maximum absolute atomic E-state index is 5.99. The number of aryl methyl sites for hydroxylation is 1. The lowest BCUT2D eigenvalue weighted by Crippen LogP contribution is -2.29. The van der Waals surface area contributed by atoms with Crippen molar-refractivity contribution in [2.75, 3.05) is 13.1 Å². The van der Waals surface area contributed by atoms with Gasteiger partial charge in [0.2, 0.25) is 11.7 Å². The van der Waals surface area contributed by atoms with Gasteiger partial charge in [0.1, 0.15) is 0 Å². The number of hydrogen-bond donors (Lipinski definition) is 1. The van der Waals surface area contributed by atoms with E-state index in [0.29, 0.717) is 27.7 Å². The summed E-state index contributed by atoms with van der Waals surface area (Å²) >= 11 is 12.0. The van der Waals surface area contributed by atoms with E-state index in [1.807, 2.05) is 0 Å². The molecule has 1 aliphatic rings. The Morgan fingerprint density at radius 2 is 2.05 bits per heavy atom. The molecule has 2 aromatic rings. The monoisotopic (exact) mass is 325 g/mol. The van der Waals surface area contributed by atoms with Gasteiger partial charge in [-0.05, 0) is 56.5 Å². The third-order valence-corrected chi connectivity index (χ3v) is 4.19. The molecule has 4 nitrogen and oxygen atoms in total. The lowest BCUT2D eigenvalue weighted by atomic mass is 9.95. The Morgan fingerprint density at radius 1 is 1.24 bits per heavy atom. The van der Waals surface area contributed by atoms with Gasteiger partial charge in [-0.1, -0.05) is 28.4 Å². The van der Waals surface area contributed by atoms with Crippen LogP contribution in [0.5, 0.6) is 0 Å². The van der Waals surface area contributed by atoms with Crippen LogP contribution in [0.1, 0.15) is 25.2 Å². The smallest absolute Gasteiger partial charge is 0.226 e. The van der Waals surface area contributed by atoms with E-state index in [9.17, 15) is 0 Å². The Balaban J connectivity index is 1.65. The molecule has 0 amide bonds. The van der Waals surface area contributed by atoms with Crippen molar-refractivity contribution in [2.24, 2.45) is 5.92 Å². The lowest BCUT2D eigenvalue weighted by Gasteiger charge is -2.21. The van der Waals surface area contributed by atoms with Crippen LogP contribution in [-0.4, -0.2) is 23.2 Å². The fourth-order valence-corrected chi connectivity index (χ4v) is 3.18. The molecular formula is C15H17Cl2N3O. The zero-order valence-corrected chi connectivity index (χ0v) is 13.1. The van der Waals surface area contributed by atoms with Gasteiger partial charge in [-0.2, -0.15) is 4.98 Å². The van der Waals surface area contributed by atoms with Gasteiger partial charge in [0.15, 0.2) is 0 Å². The first-order valence-electron chi connectivity index (χ1n) is 7.20. The van der Waals surface area contributed by atoms with Crippen LogP contribution in [0, 0.1) is 5.92 Å². The van der Waals surface area contributed by atoms with E-state index < -0.39 is 0 Å². The quantitative estimate of drug-likeness (QED) is 0.923. The molecule has 1 aromatic heterocycles. The van der Waals surface area contributed by atoms with Gasteiger partial charge in [0, 0.05) is 22.0 Å². The summed E-state index contributed by atoms with van der Waals surface area (Å²) in [6.45, 7) is 2.22. The number of rotatable bonds is 4. The number of hydrogen-bond acceptors (Lipinski definition) is 4. The molecule has 0 aliphatic carbocycles. The molecule has 1 unspecified atom stereocenters. The standard InChI is InChI=1S/C15H17Cl2N3O/c16-12-6-11(7-13(17)8-12)15-19-14(21-20-15)4-3-10-2-1-5-18-9-10/h6-8,10,18H,1-5,9H2. The minimum Gasteiger partial charge on any atom is -0.339 e. The Hall–Kier alpha value is -1.10. The maximum atomic E-state index is 5.99. The molecule has 0 spiro atoms. The predicted molar refractivity (Wildman–Crippen MR) is 83.7 cm³/mol. The summed E-state index contributed by atoms with van der Waals surface area (Å²) in [5.41, 5.74) is 0.779. The molecule has 1 atom stereocenters. The highest BCUT2D eigenvalue weighted by molar-refractivity contribution is 6.35. The predicted octanol–water partition coefficient (Wildman–Crippen LogP) is 3.98.